The van der Waals surface area contributed by atoms with Crippen LogP contribution in [0.5, 0.6) is 0 Å². The summed E-state index contributed by atoms with van der Waals surface area (Å²) in [6, 6.07) is 76.3. The molecule has 12 rings (SSSR count). The zero-order chi connectivity index (χ0) is 41.0. The predicted molar refractivity (Wildman–Crippen MR) is 254 cm³/mol. The van der Waals surface area contributed by atoms with Crippen LogP contribution in [-0.4, -0.2) is 19.5 Å². The first-order valence-corrected chi connectivity index (χ1v) is 20.8. The zero-order valence-corrected chi connectivity index (χ0v) is 33.5. The van der Waals surface area contributed by atoms with E-state index in [9.17, 15) is 0 Å². The first-order chi connectivity index (χ1) is 30.7. The zero-order valence-electron chi connectivity index (χ0n) is 33.5. The monoisotopic (exact) mass is 792 g/mol. The highest BCUT2D eigenvalue weighted by Gasteiger charge is 2.23. The van der Waals surface area contributed by atoms with E-state index in [0.717, 1.165) is 77.6 Å². The van der Waals surface area contributed by atoms with Crippen molar-refractivity contribution in [2.75, 3.05) is 0 Å². The van der Waals surface area contributed by atoms with Gasteiger partial charge in [0.15, 0.2) is 23.1 Å². The Bertz CT molecular complexity index is 3610. The van der Waals surface area contributed by atoms with Gasteiger partial charge in [-0.3, -0.25) is 0 Å². The van der Waals surface area contributed by atoms with Gasteiger partial charge in [0.1, 0.15) is 5.58 Å². The molecule has 0 spiro atoms. The molecule has 0 aliphatic rings. The maximum atomic E-state index is 7.05. The van der Waals surface area contributed by atoms with Gasteiger partial charge >= 0.3 is 0 Å². The first kappa shape index (κ1) is 35.5. The number of furan rings is 1. The molecule has 0 aliphatic carbocycles. The normalized spacial score (nSPS) is 11.5. The summed E-state index contributed by atoms with van der Waals surface area (Å²) in [6.45, 7) is 0. The Hall–Kier alpha value is -8.41. The molecule has 290 valence electrons. The van der Waals surface area contributed by atoms with E-state index in [1.165, 1.54) is 21.9 Å². The third-order valence-electron chi connectivity index (χ3n) is 11.8. The fraction of sp³-hybridized carbons (Fsp3) is 0. The highest BCUT2D eigenvalue weighted by molar-refractivity contribution is 6.17. The van der Waals surface area contributed by atoms with E-state index in [0.29, 0.717) is 17.5 Å². The van der Waals surface area contributed by atoms with Gasteiger partial charge in [0.25, 0.3) is 0 Å². The number of aromatic nitrogens is 4. The molecule has 0 saturated carbocycles. The molecule has 3 aromatic heterocycles. The molecular weight excluding hydrogens is 757 g/mol. The molecule has 0 amide bonds. The lowest BCUT2D eigenvalue weighted by Gasteiger charge is -2.12. The largest absolute Gasteiger partial charge is 0.454 e. The third kappa shape index (κ3) is 6.06. The fourth-order valence-electron chi connectivity index (χ4n) is 8.91. The highest BCUT2D eigenvalue weighted by atomic mass is 16.3. The molecule has 3 heterocycles. The van der Waals surface area contributed by atoms with Crippen molar-refractivity contribution < 1.29 is 4.42 Å². The molecule has 5 nitrogen and oxygen atoms in total. The van der Waals surface area contributed by atoms with Crippen LogP contribution in [0.25, 0.3) is 117 Å². The Morgan fingerprint density at radius 1 is 0.323 bits per heavy atom. The second-order valence-corrected chi connectivity index (χ2v) is 15.6. The quantitative estimate of drug-likeness (QED) is 0.161. The molecule has 0 saturated heterocycles. The molecule has 0 fully saturated rings. The molecule has 0 N–H and O–H groups in total. The van der Waals surface area contributed by atoms with Crippen LogP contribution < -0.4 is 0 Å². The molecule has 0 aliphatic heterocycles. The van der Waals surface area contributed by atoms with Crippen LogP contribution in [0.2, 0.25) is 0 Å². The van der Waals surface area contributed by atoms with Gasteiger partial charge in [0.2, 0.25) is 0 Å². The van der Waals surface area contributed by atoms with Crippen LogP contribution in [0.1, 0.15) is 0 Å². The van der Waals surface area contributed by atoms with Crippen LogP contribution in [0, 0.1) is 0 Å². The average Bonchev–Trinajstić information content (AvgIpc) is 3.90. The smallest absolute Gasteiger partial charge is 0.164 e. The van der Waals surface area contributed by atoms with Crippen LogP contribution >= 0.6 is 0 Å². The lowest BCUT2D eigenvalue weighted by Crippen LogP contribution is -2.00. The fourth-order valence-corrected chi connectivity index (χ4v) is 8.91. The summed E-state index contributed by atoms with van der Waals surface area (Å²) in [5, 5.41) is 4.29. The molecule has 9 aromatic carbocycles. The summed E-state index contributed by atoms with van der Waals surface area (Å²) in [6.07, 6.45) is 0. The Morgan fingerprint density at radius 3 is 1.55 bits per heavy atom. The average molecular weight is 793 g/mol. The van der Waals surface area contributed by atoms with Gasteiger partial charge in [0.05, 0.1) is 16.7 Å². The van der Waals surface area contributed by atoms with Gasteiger partial charge in [0, 0.05) is 38.2 Å². The molecule has 0 unspecified atom stereocenters. The Balaban J connectivity index is 1.12. The van der Waals surface area contributed by atoms with Gasteiger partial charge in [-0.1, -0.05) is 176 Å². The lowest BCUT2D eigenvalue weighted by atomic mass is 9.99. The van der Waals surface area contributed by atoms with Crippen molar-refractivity contribution in [2.24, 2.45) is 0 Å². The van der Waals surface area contributed by atoms with Crippen molar-refractivity contribution in [1.29, 1.82) is 0 Å². The van der Waals surface area contributed by atoms with Gasteiger partial charge < -0.3 is 8.98 Å². The topological polar surface area (TPSA) is 56.7 Å². The maximum absolute atomic E-state index is 7.05. The summed E-state index contributed by atoms with van der Waals surface area (Å²) < 4.78 is 9.42. The first-order valence-electron chi connectivity index (χ1n) is 20.8. The molecule has 12 aromatic rings. The Morgan fingerprint density at radius 2 is 0.839 bits per heavy atom. The number of para-hydroxylation sites is 1. The third-order valence-corrected chi connectivity index (χ3v) is 11.8. The summed E-state index contributed by atoms with van der Waals surface area (Å²) in [7, 11) is 0. The van der Waals surface area contributed by atoms with Crippen molar-refractivity contribution in [1.82, 2.24) is 19.5 Å². The van der Waals surface area contributed by atoms with Gasteiger partial charge in [-0.15, -0.1) is 0 Å². The summed E-state index contributed by atoms with van der Waals surface area (Å²) in [5.74, 6) is 1.78. The number of hydrogen-bond donors (Lipinski definition) is 0. The summed E-state index contributed by atoms with van der Waals surface area (Å²) in [5.41, 5.74) is 14.2. The maximum Gasteiger partial charge on any atom is 0.164 e. The second-order valence-electron chi connectivity index (χ2n) is 15.6. The van der Waals surface area contributed by atoms with Crippen molar-refractivity contribution in [2.45, 2.75) is 0 Å². The molecule has 62 heavy (non-hydrogen) atoms. The summed E-state index contributed by atoms with van der Waals surface area (Å²) in [4.78, 5) is 15.6. The predicted octanol–water partition coefficient (Wildman–Crippen LogP) is 14.9. The molecule has 5 heteroatoms. The highest BCUT2D eigenvalue weighted by Crippen LogP contribution is 2.44. The Kier molecular flexibility index (Phi) is 8.42. The van der Waals surface area contributed by atoms with Gasteiger partial charge in [-0.25, -0.2) is 15.0 Å². The minimum atomic E-state index is 0.573. The van der Waals surface area contributed by atoms with E-state index >= 15 is 0 Å². The van der Waals surface area contributed by atoms with Crippen LogP contribution in [0.4, 0.5) is 0 Å². The van der Waals surface area contributed by atoms with E-state index < -0.39 is 0 Å². The second kappa shape index (κ2) is 14.7. The van der Waals surface area contributed by atoms with Crippen molar-refractivity contribution in [3.63, 3.8) is 0 Å². The minimum Gasteiger partial charge on any atom is -0.454 e. The van der Waals surface area contributed by atoms with E-state index in [1.807, 2.05) is 48.5 Å². The van der Waals surface area contributed by atoms with Crippen LogP contribution in [0.3, 0.4) is 0 Å². The van der Waals surface area contributed by atoms with E-state index in [2.05, 4.69) is 174 Å². The van der Waals surface area contributed by atoms with Gasteiger partial charge in [-0.2, -0.15) is 0 Å². The SMILES string of the molecule is c1ccc(-c2cccc(-c3nc(-c4ccccc4)nc(-c4cccc5oc6c(-n7c8ccccc8c8cc(-c9ccccc9)ccc87)cc(-c7ccccc7)cc6c45)n3)c2)cc1. The van der Waals surface area contributed by atoms with E-state index in [1.54, 1.807) is 0 Å². The molecule has 0 radical (unpaired) electrons. The number of fused-ring (bicyclic) bond motifs is 6. The molecular formula is C57H36N4O. The Labute approximate surface area is 357 Å². The standard InChI is InChI=1S/C57H36N4O/c1-5-17-37(18-6-1)41-25-15-26-43(33-41)56-58-55(40-23-11-4-12-24-40)59-57(60-56)46-28-16-30-52-53(46)48-35-44(39-21-9-3-10-22-39)36-51(54(48)62-52)61-49-29-14-13-27-45(49)47-34-42(31-32-50(47)61)38-19-7-2-8-20-38/h1-36H. The number of nitrogens with zero attached hydrogens (tertiary/aromatic N) is 4. The number of hydrogen-bond acceptors (Lipinski definition) is 4. The van der Waals surface area contributed by atoms with E-state index in [-0.39, 0.29) is 0 Å². The summed E-state index contributed by atoms with van der Waals surface area (Å²) >= 11 is 0. The van der Waals surface area contributed by atoms with Crippen molar-refractivity contribution in [3.05, 3.63) is 218 Å². The van der Waals surface area contributed by atoms with E-state index in [4.69, 9.17) is 19.4 Å². The van der Waals surface area contributed by atoms with Crippen molar-refractivity contribution >= 4 is 43.7 Å². The molecule has 0 atom stereocenters. The van der Waals surface area contributed by atoms with Gasteiger partial charge in [-0.05, 0) is 75.8 Å². The van der Waals surface area contributed by atoms with Crippen molar-refractivity contribution in [3.8, 4) is 73.2 Å². The molecule has 0 bridgehead atoms. The minimum absolute atomic E-state index is 0.573. The van der Waals surface area contributed by atoms with Crippen LogP contribution in [-0.2, 0) is 0 Å². The lowest BCUT2D eigenvalue weighted by molar-refractivity contribution is 0.666. The van der Waals surface area contributed by atoms with Crippen LogP contribution in [0.15, 0.2) is 223 Å². The number of rotatable bonds is 7. The number of benzene rings is 9.